The van der Waals surface area contributed by atoms with Crippen LogP contribution in [0.3, 0.4) is 0 Å². The van der Waals surface area contributed by atoms with E-state index in [9.17, 15) is 0 Å². The quantitative estimate of drug-likeness (QED) is 0.606. The average molecular weight is 267 g/mol. The zero-order chi connectivity index (χ0) is 7.40. The number of halogens is 1. The van der Waals surface area contributed by atoms with Crippen molar-refractivity contribution in [2.24, 2.45) is 0 Å². The van der Waals surface area contributed by atoms with Crippen LogP contribution in [0.15, 0.2) is 6.20 Å². The van der Waals surface area contributed by atoms with Gasteiger partial charge in [0.05, 0.1) is 5.01 Å². The van der Waals surface area contributed by atoms with Crippen LogP contribution in [0.25, 0.3) is 0 Å². The minimum absolute atomic E-state index is 1.10. The summed E-state index contributed by atoms with van der Waals surface area (Å²) in [6.45, 7) is 2.19. The highest BCUT2D eigenvalue weighted by molar-refractivity contribution is 14.1. The van der Waals surface area contributed by atoms with Gasteiger partial charge in [0.25, 0.3) is 0 Å². The normalized spacial score (nSPS) is 10.2. The van der Waals surface area contributed by atoms with Gasteiger partial charge in [-0.15, -0.1) is 11.3 Å². The molecule has 0 radical (unpaired) electrons. The van der Waals surface area contributed by atoms with Crippen LogP contribution < -0.4 is 0 Å². The summed E-state index contributed by atoms with van der Waals surface area (Å²) in [5, 5.41) is 1.29. The van der Waals surface area contributed by atoms with Crippen molar-refractivity contribution < 1.29 is 0 Å². The van der Waals surface area contributed by atoms with Crippen LogP contribution in [0.4, 0.5) is 0 Å². The topological polar surface area (TPSA) is 12.9 Å². The molecule has 0 aliphatic heterocycles. The van der Waals surface area contributed by atoms with E-state index in [4.69, 9.17) is 0 Å². The number of nitrogens with zero attached hydrogens (tertiary/aromatic N) is 1. The average Bonchev–Trinajstić information content (AvgIpc) is 2.37. The molecule has 1 heterocycles. The van der Waals surface area contributed by atoms with Gasteiger partial charge in [0.1, 0.15) is 0 Å². The van der Waals surface area contributed by atoms with Gasteiger partial charge >= 0.3 is 0 Å². The Hall–Kier alpha value is 0.360. The van der Waals surface area contributed by atoms with Gasteiger partial charge in [-0.1, -0.05) is 29.5 Å². The molecule has 0 aliphatic rings. The summed E-state index contributed by atoms with van der Waals surface area (Å²) >= 11 is 4.20. The summed E-state index contributed by atoms with van der Waals surface area (Å²) in [6, 6.07) is 0. The van der Waals surface area contributed by atoms with Gasteiger partial charge in [-0.25, -0.2) is 4.98 Å². The molecule has 0 aliphatic carbocycles. The van der Waals surface area contributed by atoms with Crippen molar-refractivity contribution >= 4 is 33.9 Å². The number of aromatic nitrogens is 1. The van der Waals surface area contributed by atoms with Crippen molar-refractivity contribution in [3.05, 3.63) is 16.1 Å². The fraction of sp³-hybridized carbons (Fsp3) is 0.571. The molecule has 0 saturated carbocycles. The van der Waals surface area contributed by atoms with Gasteiger partial charge < -0.3 is 0 Å². The molecule has 1 nitrogen and oxygen atoms in total. The van der Waals surface area contributed by atoms with Crippen molar-refractivity contribution in [3.63, 3.8) is 0 Å². The number of rotatable bonds is 3. The zero-order valence-electron chi connectivity index (χ0n) is 5.93. The van der Waals surface area contributed by atoms with E-state index >= 15 is 0 Å². The monoisotopic (exact) mass is 267 g/mol. The molecule has 0 atom stereocenters. The molecule has 0 unspecified atom stereocenters. The highest BCUT2D eigenvalue weighted by Crippen LogP contribution is 2.16. The van der Waals surface area contributed by atoms with Crippen molar-refractivity contribution in [1.29, 1.82) is 0 Å². The summed E-state index contributed by atoms with van der Waals surface area (Å²) < 4.78 is 1.10. The lowest BCUT2D eigenvalue weighted by molar-refractivity contribution is 0.909. The molecule has 0 saturated heterocycles. The summed E-state index contributed by atoms with van der Waals surface area (Å²) in [5.41, 5.74) is 0. The maximum atomic E-state index is 4.29. The fourth-order valence-electron chi connectivity index (χ4n) is 0.739. The van der Waals surface area contributed by atoms with E-state index in [2.05, 4.69) is 34.5 Å². The predicted octanol–water partition coefficient (Wildman–Crippen LogP) is 3.03. The highest BCUT2D eigenvalue weighted by atomic mass is 127. The Bertz CT molecular complexity index is 197. The molecule has 3 heteroatoms. The molecular weight excluding hydrogens is 257 g/mol. The summed E-state index contributed by atoms with van der Waals surface area (Å²) in [5.74, 6) is 0. The maximum absolute atomic E-state index is 4.29. The third-order valence-electron chi connectivity index (χ3n) is 1.20. The van der Waals surface area contributed by atoms with Gasteiger partial charge in [0.2, 0.25) is 0 Å². The van der Waals surface area contributed by atoms with E-state index in [1.165, 1.54) is 16.3 Å². The summed E-state index contributed by atoms with van der Waals surface area (Å²) in [4.78, 5) is 5.68. The Kier molecular flexibility index (Phi) is 3.62. The SMILES string of the molecule is CCCc1ncc(CI)s1. The zero-order valence-corrected chi connectivity index (χ0v) is 8.91. The second-order valence-electron chi connectivity index (χ2n) is 2.10. The highest BCUT2D eigenvalue weighted by Gasteiger charge is 1.97. The van der Waals surface area contributed by atoms with Crippen LogP contribution in [0.2, 0.25) is 0 Å². The van der Waals surface area contributed by atoms with Crippen molar-refractivity contribution in [3.8, 4) is 0 Å². The second kappa shape index (κ2) is 4.28. The third-order valence-corrected chi connectivity index (χ3v) is 3.59. The number of thiazole rings is 1. The first-order valence-electron chi connectivity index (χ1n) is 3.36. The Morgan fingerprint density at radius 2 is 2.50 bits per heavy atom. The number of hydrogen-bond donors (Lipinski definition) is 0. The van der Waals surface area contributed by atoms with Crippen LogP contribution >= 0.6 is 33.9 Å². The lowest BCUT2D eigenvalue weighted by Gasteiger charge is -1.85. The third kappa shape index (κ3) is 2.20. The predicted molar refractivity (Wildman–Crippen MR) is 53.8 cm³/mol. The Balaban J connectivity index is 2.59. The Labute approximate surface area is 79.0 Å². The van der Waals surface area contributed by atoms with Gasteiger partial charge in [0.15, 0.2) is 0 Å². The standard InChI is InChI=1S/C7H10INS/c1-2-3-7-9-5-6(4-8)10-7/h5H,2-4H2,1H3. The van der Waals surface area contributed by atoms with E-state index in [1.54, 1.807) is 0 Å². The molecular formula is C7H10INS. The minimum Gasteiger partial charge on any atom is -0.249 e. The second-order valence-corrected chi connectivity index (χ2v) is 4.07. The summed E-state index contributed by atoms with van der Waals surface area (Å²) in [6.07, 6.45) is 4.33. The van der Waals surface area contributed by atoms with Crippen molar-refractivity contribution in [2.45, 2.75) is 24.2 Å². The molecule has 0 spiro atoms. The molecule has 0 fully saturated rings. The van der Waals surface area contributed by atoms with Gasteiger partial charge in [-0.2, -0.15) is 0 Å². The van der Waals surface area contributed by atoms with Crippen LogP contribution in [0.1, 0.15) is 23.2 Å². The smallest absolute Gasteiger partial charge is 0.0927 e. The fourth-order valence-corrected chi connectivity index (χ4v) is 2.28. The molecule has 10 heavy (non-hydrogen) atoms. The molecule has 0 amide bonds. The largest absolute Gasteiger partial charge is 0.249 e. The van der Waals surface area contributed by atoms with E-state index in [-0.39, 0.29) is 0 Å². The molecule has 1 aromatic rings. The molecule has 56 valence electrons. The van der Waals surface area contributed by atoms with E-state index in [0.717, 1.165) is 10.8 Å². The van der Waals surface area contributed by atoms with E-state index < -0.39 is 0 Å². The van der Waals surface area contributed by atoms with Crippen LogP contribution in [0.5, 0.6) is 0 Å². The van der Waals surface area contributed by atoms with Gasteiger partial charge in [-0.3, -0.25) is 0 Å². The van der Waals surface area contributed by atoms with Gasteiger partial charge in [0, 0.05) is 15.5 Å². The lowest BCUT2D eigenvalue weighted by Crippen LogP contribution is -1.76. The number of hydrogen-bond acceptors (Lipinski definition) is 2. The van der Waals surface area contributed by atoms with Crippen LogP contribution in [-0.2, 0) is 10.8 Å². The summed E-state index contributed by atoms with van der Waals surface area (Å²) in [7, 11) is 0. The first kappa shape index (κ1) is 8.46. The van der Waals surface area contributed by atoms with E-state index in [0.29, 0.717) is 0 Å². The maximum Gasteiger partial charge on any atom is 0.0927 e. The number of aryl methyl sites for hydroxylation is 1. The Morgan fingerprint density at radius 3 is 3.00 bits per heavy atom. The number of alkyl halides is 1. The minimum atomic E-state index is 1.10. The van der Waals surface area contributed by atoms with Crippen LogP contribution in [-0.4, -0.2) is 4.98 Å². The lowest BCUT2D eigenvalue weighted by atomic mass is 10.4. The van der Waals surface area contributed by atoms with E-state index in [1.807, 2.05) is 17.5 Å². The van der Waals surface area contributed by atoms with Crippen LogP contribution in [0, 0.1) is 0 Å². The van der Waals surface area contributed by atoms with Gasteiger partial charge in [-0.05, 0) is 12.8 Å². The van der Waals surface area contributed by atoms with Crippen molar-refractivity contribution in [2.75, 3.05) is 0 Å². The molecule has 0 aromatic carbocycles. The first-order valence-corrected chi connectivity index (χ1v) is 5.70. The molecule has 0 bridgehead atoms. The Morgan fingerprint density at radius 1 is 1.70 bits per heavy atom. The molecule has 1 aromatic heterocycles. The van der Waals surface area contributed by atoms with Crippen molar-refractivity contribution in [1.82, 2.24) is 4.98 Å². The molecule has 0 N–H and O–H groups in total. The molecule has 1 rings (SSSR count). The first-order chi connectivity index (χ1) is 4.86.